The quantitative estimate of drug-likeness (QED) is 0.498. The SMILES string of the molecule is CCN(CC)S(=O)(=O)c1cc(C(=O)OCc2cn3ccccc3c2C#N)ccc1OC. The van der Waals surface area contributed by atoms with Crippen LogP contribution in [0.4, 0.5) is 0 Å². The Kier molecular flexibility index (Phi) is 6.63. The molecule has 31 heavy (non-hydrogen) atoms. The number of fused-ring (bicyclic) bond motifs is 1. The standard InChI is InChI=1S/C22H23N3O5S/c1-4-25(5-2)31(27,28)21-12-16(9-10-20(21)29-3)22(26)30-15-17-14-24-11-7-6-8-19(24)18(17)13-23/h6-12,14H,4-5,15H2,1-3H3. The fourth-order valence-corrected chi connectivity index (χ4v) is 4.99. The Labute approximate surface area is 181 Å². The molecule has 2 aromatic heterocycles. The smallest absolute Gasteiger partial charge is 0.338 e. The molecular formula is C22H23N3O5S. The third-order valence-electron chi connectivity index (χ3n) is 4.96. The van der Waals surface area contributed by atoms with Crippen molar-refractivity contribution in [2.24, 2.45) is 0 Å². The molecule has 0 amide bonds. The van der Waals surface area contributed by atoms with E-state index in [1.807, 2.05) is 12.1 Å². The number of pyridine rings is 1. The summed E-state index contributed by atoms with van der Waals surface area (Å²) in [6.07, 6.45) is 3.53. The first-order valence-electron chi connectivity index (χ1n) is 9.71. The van der Waals surface area contributed by atoms with Crippen LogP contribution in [0.3, 0.4) is 0 Å². The van der Waals surface area contributed by atoms with E-state index < -0.39 is 16.0 Å². The highest BCUT2D eigenvalue weighted by molar-refractivity contribution is 7.89. The van der Waals surface area contributed by atoms with Crippen molar-refractivity contribution < 1.29 is 22.7 Å². The lowest BCUT2D eigenvalue weighted by atomic mass is 10.2. The number of nitrogens with zero attached hydrogens (tertiary/aromatic N) is 3. The summed E-state index contributed by atoms with van der Waals surface area (Å²) in [5, 5.41) is 9.48. The number of esters is 1. The molecule has 3 aromatic rings. The van der Waals surface area contributed by atoms with Gasteiger partial charge in [-0.2, -0.15) is 9.57 Å². The molecule has 0 N–H and O–H groups in total. The van der Waals surface area contributed by atoms with Crippen LogP contribution in [0.1, 0.15) is 35.3 Å². The Morgan fingerprint density at radius 3 is 2.58 bits per heavy atom. The summed E-state index contributed by atoms with van der Waals surface area (Å²) in [7, 11) is -2.47. The van der Waals surface area contributed by atoms with Gasteiger partial charge in [-0.25, -0.2) is 13.2 Å². The maximum atomic E-state index is 13.0. The molecule has 0 unspecified atom stereocenters. The lowest BCUT2D eigenvalue weighted by molar-refractivity contribution is 0.0472. The number of ether oxygens (including phenoxy) is 2. The van der Waals surface area contributed by atoms with Crippen LogP contribution >= 0.6 is 0 Å². The van der Waals surface area contributed by atoms with Crippen molar-refractivity contribution in [1.82, 2.24) is 8.71 Å². The van der Waals surface area contributed by atoms with Gasteiger partial charge < -0.3 is 13.9 Å². The van der Waals surface area contributed by atoms with E-state index in [0.29, 0.717) is 16.6 Å². The number of benzene rings is 1. The normalized spacial score (nSPS) is 11.5. The summed E-state index contributed by atoms with van der Waals surface area (Å²) < 4.78 is 39.6. The molecule has 0 fully saturated rings. The maximum Gasteiger partial charge on any atom is 0.338 e. The second kappa shape index (κ2) is 9.20. The van der Waals surface area contributed by atoms with Crippen molar-refractivity contribution in [3.8, 4) is 11.8 Å². The van der Waals surface area contributed by atoms with Gasteiger partial charge in [0.1, 0.15) is 23.3 Å². The van der Waals surface area contributed by atoms with Crippen LogP contribution in [-0.4, -0.2) is 43.3 Å². The molecule has 0 saturated heterocycles. The molecule has 0 spiro atoms. The predicted molar refractivity (Wildman–Crippen MR) is 114 cm³/mol. The van der Waals surface area contributed by atoms with Crippen LogP contribution in [0.2, 0.25) is 0 Å². The minimum Gasteiger partial charge on any atom is -0.495 e. The van der Waals surface area contributed by atoms with Gasteiger partial charge in [0.05, 0.1) is 23.8 Å². The molecule has 0 radical (unpaired) electrons. The highest BCUT2D eigenvalue weighted by atomic mass is 32.2. The molecule has 2 heterocycles. The molecule has 0 saturated carbocycles. The number of sulfonamides is 1. The number of methoxy groups -OCH3 is 1. The first-order valence-corrected chi connectivity index (χ1v) is 11.1. The average Bonchev–Trinajstić information content (AvgIpc) is 3.15. The average molecular weight is 442 g/mol. The zero-order chi connectivity index (χ0) is 22.6. The van der Waals surface area contributed by atoms with Gasteiger partial charge in [0, 0.05) is 31.0 Å². The van der Waals surface area contributed by atoms with Gasteiger partial charge in [0.25, 0.3) is 0 Å². The van der Waals surface area contributed by atoms with Crippen LogP contribution in [0.5, 0.6) is 5.75 Å². The summed E-state index contributed by atoms with van der Waals surface area (Å²) in [5.74, 6) is -0.549. The molecule has 9 heteroatoms. The molecule has 0 atom stereocenters. The van der Waals surface area contributed by atoms with Crippen molar-refractivity contribution in [2.75, 3.05) is 20.2 Å². The summed E-state index contributed by atoms with van der Waals surface area (Å²) in [5.41, 5.74) is 1.78. The molecule has 0 aliphatic heterocycles. The lowest BCUT2D eigenvalue weighted by Crippen LogP contribution is -2.31. The highest BCUT2D eigenvalue weighted by Crippen LogP contribution is 2.28. The zero-order valence-electron chi connectivity index (χ0n) is 17.5. The fraction of sp³-hybridized carbons (Fsp3) is 0.273. The zero-order valence-corrected chi connectivity index (χ0v) is 18.3. The van der Waals surface area contributed by atoms with Crippen LogP contribution < -0.4 is 4.74 Å². The van der Waals surface area contributed by atoms with Crippen molar-refractivity contribution >= 4 is 21.5 Å². The monoisotopic (exact) mass is 441 g/mol. The van der Waals surface area contributed by atoms with Gasteiger partial charge in [0.2, 0.25) is 10.0 Å². The number of rotatable bonds is 8. The van der Waals surface area contributed by atoms with Crippen molar-refractivity contribution in [3.63, 3.8) is 0 Å². The van der Waals surface area contributed by atoms with Gasteiger partial charge in [0.15, 0.2) is 0 Å². The molecule has 0 aliphatic rings. The first-order chi connectivity index (χ1) is 14.9. The summed E-state index contributed by atoms with van der Waals surface area (Å²) >= 11 is 0. The second-order valence-corrected chi connectivity index (χ2v) is 8.57. The molecule has 162 valence electrons. The minimum absolute atomic E-state index is 0.0776. The van der Waals surface area contributed by atoms with Crippen LogP contribution in [0.25, 0.3) is 5.52 Å². The number of carbonyl (C=O) groups excluding carboxylic acids is 1. The third-order valence-corrected chi connectivity index (χ3v) is 7.03. The van der Waals surface area contributed by atoms with Gasteiger partial charge >= 0.3 is 5.97 Å². The Morgan fingerprint density at radius 1 is 1.19 bits per heavy atom. The van der Waals surface area contributed by atoms with Crippen molar-refractivity contribution in [1.29, 1.82) is 5.26 Å². The summed E-state index contributed by atoms with van der Waals surface area (Å²) in [6, 6.07) is 11.7. The summed E-state index contributed by atoms with van der Waals surface area (Å²) in [6.45, 7) is 3.93. The van der Waals surface area contributed by atoms with Gasteiger partial charge in [-0.15, -0.1) is 0 Å². The van der Waals surface area contributed by atoms with E-state index in [4.69, 9.17) is 9.47 Å². The predicted octanol–water partition coefficient (Wildman–Crippen LogP) is 3.21. The Morgan fingerprint density at radius 2 is 1.94 bits per heavy atom. The van der Waals surface area contributed by atoms with Crippen LogP contribution in [0.15, 0.2) is 53.7 Å². The lowest BCUT2D eigenvalue weighted by Gasteiger charge is -2.20. The number of hydrogen-bond donors (Lipinski definition) is 0. The molecule has 1 aromatic carbocycles. The van der Waals surface area contributed by atoms with Gasteiger partial charge in [-0.3, -0.25) is 0 Å². The van der Waals surface area contributed by atoms with Crippen LogP contribution in [0, 0.1) is 11.3 Å². The highest BCUT2D eigenvalue weighted by Gasteiger charge is 2.27. The third kappa shape index (κ3) is 4.26. The topological polar surface area (TPSA) is 101 Å². The molecular weight excluding hydrogens is 418 g/mol. The van der Waals surface area contributed by atoms with Crippen LogP contribution in [-0.2, 0) is 21.4 Å². The molecule has 3 rings (SSSR count). The first kappa shape index (κ1) is 22.3. The molecule has 0 bridgehead atoms. The Balaban J connectivity index is 1.89. The van der Waals surface area contributed by atoms with Crippen molar-refractivity contribution in [3.05, 3.63) is 65.5 Å². The maximum absolute atomic E-state index is 13.0. The Hall–Kier alpha value is -3.35. The van der Waals surface area contributed by atoms with E-state index in [2.05, 4.69) is 6.07 Å². The van der Waals surface area contributed by atoms with E-state index in [1.165, 1.54) is 29.6 Å². The largest absolute Gasteiger partial charge is 0.495 e. The van der Waals surface area contributed by atoms with Gasteiger partial charge in [-0.05, 0) is 30.3 Å². The summed E-state index contributed by atoms with van der Waals surface area (Å²) in [4.78, 5) is 12.6. The van der Waals surface area contributed by atoms with E-state index >= 15 is 0 Å². The van der Waals surface area contributed by atoms with Crippen molar-refractivity contribution in [2.45, 2.75) is 25.3 Å². The number of nitriles is 1. The number of carbonyl (C=O) groups is 1. The van der Waals surface area contributed by atoms with Gasteiger partial charge in [-0.1, -0.05) is 19.9 Å². The van der Waals surface area contributed by atoms with E-state index in [1.54, 1.807) is 36.7 Å². The molecule has 8 nitrogen and oxygen atoms in total. The second-order valence-electron chi connectivity index (χ2n) is 6.67. The minimum atomic E-state index is -3.84. The number of aromatic nitrogens is 1. The van der Waals surface area contributed by atoms with E-state index in [-0.39, 0.29) is 35.9 Å². The van der Waals surface area contributed by atoms with E-state index in [9.17, 15) is 18.5 Å². The molecule has 0 aliphatic carbocycles. The number of hydrogen-bond acceptors (Lipinski definition) is 6. The Bertz CT molecular complexity index is 1250. The van der Waals surface area contributed by atoms with E-state index in [0.717, 1.165) is 0 Å². The fourth-order valence-electron chi connectivity index (χ4n) is 3.35.